The molecule has 15 heavy (non-hydrogen) atoms. The number of fused-ring (bicyclic) bond motifs is 1. The van der Waals surface area contributed by atoms with Crippen LogP contribution in [0.2, 0.25) is 0 Å². The molecule has 2 N–H and O–H groups in total. The lowest BCUT2D eigenvalue weighted by molar-refractivity contribution is -0.147. The molecule has 84 valence electrons. The second-order valence-corrected chi connectivity index (χ2v) is 3.80. The molecule has 0 saturated heterocycles. The van der Waals surface area contributed by atoms with Gasteiger partial charge in [-0.1, -0.05) is 0 Å². The van der Waals surface area contributed by atoms with Crippen molar-refractivity contribution in [3.8, 4) is 0 Å². The zero-order valence-corrected chi connectivity index (χ0v) is 8.30. The Balaban J connectivity index is 2.56. The standard InChI is InChI=1S/C9H12F3N3/c1-5-7-6(13)3-2-4-15(7)8(14-5)9(10,11)12/h6H,2-4,13H2,1H3. The van der Waals surface area contributed by atoms with Crippen molar-refractivity contribution in [2.75, 3.05) is 0 Å². The number of aromatic nitrogens is 2. The number of nitrogens with zero attached hydrogens (tertiary/aromatic N) is 2. The molecule has 0 radical (unpaired) electrons. The zero-order valence-electron chi connectivity index (χ0n) is 8.30. The van der Waals surface area contributed by atoms with Gasteiger partial charge in [0.25, 0.3) is 0 Å². The fraction of sp³-hybridized carbons (Fsp3) is 0.667. The third kappa shape index (κ3) is 1.62. The Morgan fingerprint density at radius 3 is 2.73 bits per heavy atom. The lowest BCUT2D eigenvalue weighted by Crippen LogP contribution is -2.25. The largest absolute Gasteiger partial charge is 0.449 e. The molecular weight excluding hydrogens is 207 g/mol. The van der Waals surface area contributed by atoms with Gasteiger partial charge in [0.1, 0.15) is 0 Å². The molecule has 1 aromatic heterocycles. The van der Waals surface area contributed by atoms with E-state index in [0.29, 0.717) is 24.4 Å². The lowest BCUT2D eigenvalue weighted by Gasteiger charge is -2.23. The fourth-order valence-electron chi connectivity index (χ4n) is 2.10. The first kappa shape index (κ1) is 10.5. The van der Waals surface area contributed by atoms with Gasteiger partial charge in [0.2, 0.25) is 5.82 Å². The van der Waals surface area contributed by atoms with Crippen LogP contribution >= 0.6 is 0 Å². The number of aryl methyl sites for hydroxylation is 1. The molecule has 0 aliphatic carbocycles. The van der Waals surface area contributed by atoms with Gasteiger partial charge in [-0.25, -0.2) is 4.98 Å². The first-order valence-electron chi connectivity index (χ1n) is 4.81. The molecule has 0 fully saturated rings. The monoisotopic (exact) mass is 219 g/mol. The Morgan fingerprint density at radius 2 is 2.13 bits per heavy atom. The Labute approximate surface area is 85.1 Å². The summed E-state index contributed by atoms with van der Waals surface area (Å²) in [7, 11) is 0. The summed E-state index contributed by atoms with van der Waals surface area (Å²) in [4.78, 5) is 3.57. The first-order chi connectivity index (χ1) is 6.91. The van der Waals surface area contributed by atoms with Crippen molar-refractivity contribution < 1.29 is 13.2 Å². The lowest BCUT2D eigenvalue weighted by atomic mass is 10.0. The van der Waals surface area contributed by atoms with Crippen molar-refractivity contribution in [3.63, 3.8) is 0 Å². The number of rotatable bonds is 0. The van der Waals surface area contributed by atoms with Crippen LogP contribution in [0.1, 0.15) is 36.1 Å². The smallest absolute Gasteiger partial charge is 0.323 e. The third-order valence-electron chi connectivity index (χ3n) is 2.69. The van der Waals surface area contributed by atoms with E-state index in [1.54, 1.807) is 6.92 Å². The highest BCUT2D eigenvalue weighted by molar-refractivity contribution is 5.22. The summed E-state index contributed by atoms with van der Waals surface area (Å²) in [6, 6.07) is -0.317. The molecule has 2 rings (SSSR count). The maximum atomic E-state index is 12.6. The molecule has 3 nitrogen and oxygen atoms in total. The first-order valence-corrected chi connectivity index (χ1v) is 4.81. The van der Waals surface area contributed by atoms with Crippen LogP contribution in [0.25, 0.3) is 0 Å². The second kappa shape index (κ2) is 3.23. The van der Waals surface area contributed by atoms with Crippen LogP contribution < -0.4 is 5.73 Å². The van der Waals surface area contributed by atoms with Crippen LogP contribution in [0.5, 0.6) is 0 Å². The molecule has 0 bridgehead atoms. The summed E-state index contributed by atoms with van der Waals surface area (Å²) in [5.74, 6) is -0.815. The maximum Gasteiger partial charge on any atom is 0.449 e. The van der Waals surface area contributed by atoms with E-state index in [1.807, 2.05) is 0 Å². The van der Waals surface area contributed by atoms with Crippen LogP contribution in [0.4, 0.5) is 13.2 Å². The van der Waals surface area contributed by atoms with E-state index < -0.39 is 12.0 Å². The summed E-state index contributed by atoms with van der Waals surface area (Å²) < 4.78 is 39.0. The minimum atomic E-state index is -4.39. The highest BCUT2D eigenvalue weighted by atomic mass is 19.4. The predicted octanol–water partition coefficient (Wildman–Crippen LogP) is 2.00. The van der Waals surface area contributed by atoms with Crippen molar-refractivity contribution in [2.45, 2.75) is 38.5 Å². The topological polar surface area (TPSA) is 43.8 Å². The zero-order chi connectivity index (χ0) is 11.2. The van der Waals surface area contributed by atoms with Gasteiger partial charge in [0.15, 0.2) is 0 Å². The van der Waals surface area contributed by atoms with E-state index in [0.717, 1.165) is 6.42 Å². The quantitative estimate of drug-likeness (QED) is 0.725. The predicted molar refractivity (Wildman–Crippen MR) is 48.1 cm³/mol. The summed E-state index contributed by atoms with van der Waals surface area (Å²) in [6.07, 6.45) is -2.99. The van der Waals surface area contributed by atoms with Gasteiger partial charge >= 0.3 is 6.18 Å². The van der Waals surface area contributed by atoms with Crippen LogP contribution in [0.15, 0.2) is 0 Å². The molecule has 1 atom stereocenters. The maximum absolute atomic E-state index is 12.6. The summed E-state index contributed by atoms with van der Waals surface area (Å²) in [6.45, 7) is 1.94. The number of hydrogen-bond acceptors (Lipinski definition) is 2. The number of alkyl halides is 3. The molecular formula is C9H12F3N3. The SMILES string of the molecule is Cc1nc(C(F)(F)F)n2c1C(N)CCC2. The average Bonchev–Trinajstić information content (AvgIpc) is 2.44. The molecule has 0 aromatic carbocycles. The average molecular weight is 219 g/mol. The van der Waals surface area contributed by atoms with E-state index in [9.17, 15) is 13.2 Å². The fourth-order valence-corrected chi connectivity index (χ4v) is 2.10. The van der Waals surface area contributed by atoms with Gasteiger partial charge in [-0.2, -0.15) is 13.2 Å². The number of halogens is 3. The van der Waals surface area contributed by atoms with Crippen LogP contribution in [-0.2, 0) is 12.7 Å². The van der Waals surface area contributed by atoms with Gasteiger partial charge in [-0.3, -0.25) is 0 Å². The Bertz CT molecular complexity index is 381. The minimum absolute atomic E-state index is 0.317. The van der Waals surface area contributed by atoms with Gasteiger partial charge < -0.3 is 10.3 Å². The van der Waals surface area contributed by atoms with Crippen molar-refractivity contribution in [1.29, 1.82) is 0 Å². The molecule has 1 aliphatic heterocycles. The number of nitrogens with two attached hydrogens (primary N) is 1. The Kier molecular flexibility index (Phi) is 2.26. The van der Waals surface area contributed by atoms with Gasteiger partial charge in [0, 0.05) is 12.6 Å². The van der Waals surface area contributed by atoms with Gasteiger partial charge in [-0.05, 0) is 19.8 Å². The van der Waals surface area contributed by atoms with E-state index in [1.165, 1.54) is 4.57 Å². The van der Waals surface area contributed by atoms with E-state index in [2.05, 4.69) is 4.98 Å². The van der Waals surface area contributed by atoms with Crippen LogP contribution in [0.3, 0.4) is 0 Å². The summed E-state index contributed by atoms with van der Waals surface area (Å²) in [5.41, 5.74) is 6.71. The van der Waals surface area contributed by atoms with Crippen molar-refractivity contribution in [2.24, 2.45) is 5.73 Å². The van der Waals surface area contributed by atoms with Crippen molar-refractivity contribution in [3.05, 3.63) is 17.2 Å². The highest BCUT2D eigenvalue weighted by Crippen LogP contribution is 2.34. The Morgan fingerprint density at radius 1 is 1.47 bits per heavy atom. The molecule has 0 spiro atoms. The van der Waals surface area contributed by atoms with E-state index >= 15 is 0 Å². The summed E-state index contributed by atoms with van der Waals surface area (Å²) >= 11 is 0. The third-order valence-corrected chi connectivity index (χ3v) is 2.69. The molecule has 2 heterocycles. The normalized spacial score (nSPS) is 21.5. The molecule has 0 amide bonds. The minimum Gasteiger partial charge on any atom is -0.323 e. The van der Waals surface area contributed by atoms with E-state index in [-0.39, 0.29) is 6.04 Å². The van der Waals surface area contributed by atoms with Gasteiger partial charge in [-0.15, -0.1) is 0 Å². The van der Waals surface area contributed by atoms with Crippen molar-refractivity contribution in [1.82, 2.24) is 9.55 Å². The van der Waals surface area contributed by atoms with Crippen LogP contribution in [0, 0.1) is 6.92 Å². The molecule has 0 saturated carbocycles. The molecule has 1 aliphatic rings. The highest BCUT2D eigenvalue weighted by Gasteiger charge is 2.39. The van der Waals surface area contributed by atoms with E-state index in [4.69, 9.17) is 5.73 Å². The second-order valence-electron chi connectivity index (χ2n) is 3.80. The number of imidazole rings is 1. The number of hydrogen-bond donors (Lipinski definition) is 1. The van der Waals surface area contributed by atoms with Gasteiger partial charge in [0.05, 0.1) is 11.4 Å². The van der Waals surface area contributed by atoms with Crippen LogP contribution in [-0.4, -0.2) is 9.55 Å². The summed E-state index contributed by atoms with van der Waals surface area (Å²) in [5, 5.41) is 0. The molecule has 1 aromatic rings. The molecule has 1 unspecified atom stereocenters. The molecule has 6 heteroatoms. The van der Waals surface area contributed by atoms with Crippen molar-refractivity contribution >= 4 is 0 Å². The Hall–Kier alpha value is -1.04.